The molecule has 156 valence electrons. The molecule has 0 aromatic heterocycles. The number of hydrogen-bond acceptors (Lipinski definition) is 4. The molecule has 0 fully saturated rings. The number of hydrogen-bond donors (Lipinski definition) is 0. The van der Waals surface area contributed by atoms with Crippen LogP contribution in [0.25, 0.3) is 0 Å². The van der Waals surface area contributed by atoms with E-state index in [0.29, 0.717) is 6.54 Å². The summed E-state index contributed by atoms with van der Waals surface area (Å²) in [5, 5.41) is 0. The van der Waals surface area contributed by atoms with Gasteiger partial charge in [-0.2, -0.15) is 0 Å². The summed E-state index contributed by atoms with van der Waals surface area (Å²) in [6.45, 7) is 10.5. The SMILES string of the molecule is COC(=O)[C@H](C)[C@@H](C(C)=O)N(Cc1ccccc1CC(C)(C)C)c1ccccc1. The van der Waals surface area contributed by atoms with Crippen molar-refractivity contribution in [2.45, 2.75) is 53.6 Å². The predicted octanol–water partition coefficient (Wildman–Crippen LogP) is 5.05. The summed E-state index contributed by atoms with van der Waals surface area (Å²) in [4.78, 5) is 27.0. The highest BCUT2D eigenvalue weighted by atomic mass is 16.5. The zero-order valence-electron chi connectivity index (χ0n) is 18.4. The molecule has 0 saturated carbocycles. The van der Waals surface area contributed by atoms with Gasteiger partial charge in [0.15, 0.2) is 5.78 Å². The van der Waals surface area contributed by atoms with Crippen LogP contribution in [0.3, 0.4) is 0 Å². The first-order valence-electron chi connectivity index (χ1n) is 10.1. The van der Waals surface area contributed by atoms with Crippen molar-refractivity contribution in [2.24, 2.45) is 11.3 Å². The van der Waals surface area contributed by atoms with Crippen LogP contribution in [0.15, 0.2) is 54.6 Å². The number of nitrogens with zero attached hydrogens (tertiary/aromatic N) is 1. The number of anilines is 1. The van der Waals surface area contributed by atoms with E-state index < -0.39 is 12.0 Å². The standard InChI is InChI=1S/C25H33NO3/c1-18(24(28)29-6)23(19(2)27)26(22-14-8-7-9-15-22)17-21-13-11-10-12-20(21)16-25(3,4)5/h7-15,18,23H,16-17H2,1-6H3/t18-,23+/m1/s1. The molecule has 2 aromatic rings. The Morgan fingerprint density at radius 1 is 0.966 bits per heavy atom. The second kappa shape index (κ2) is 9.73. The summed E-state index contributed by atoms with van der Waals surface area (Å²) < 4.78 is 4.95. The Kier molecular flexibility index (Phi) is 7.60. The Morgan fingerprint density at radius 2 is 1.52 bits per heavy atom. The maximum absolute atomic E-state index is 12.7. The van der Waals surface area contributed by atoms with Gasteiger partial charge in [0, 0.05) is 12.2 Å². The quantitative estimate of drug-likeness (QED) is 0.587. The highest BCUT2D eigenvalue weighted by Crippen LogP contribution is 2.28. The first-order chi connectivity index (χ1) is 13.6. The molecular weight excluding hydrogens is 362 g/mol. The highest BCUT2D eigenvalue weighted by Gasteiger charge is 2.34. The van der Waals surface area contributed by atoms with Gasteiger partial charge in [0.05, 0.1) is 13.0 Å². The van der Waals surface area contributed by atoms with Gasteiger partial charge in [-0.25, -0.2) is 0 Å². The fourth-order valence-corrected chi connectivity index (χ4v) is 3.77. The second-order valence-corrected chi connectivity index (χ2v) is 8.84. The Labute approximate surface area is 174 Å². The van der Waals surface area contributed by atoms with Crippen molar-refractivity contribution >= 4 is 17.4 Å². The number of para-hydroxylation sites is 1. The molecule has 2 aromatic carbocycles. The number of carbonyl (C=O) groups excluding carboxylic acids is 2. The van der Waals surface area contributed by atoms with Crippen molar-refractivity contribution in [3.8, 4) is 0 Å². The third kappa shape index (κ3) is 6.18. The van der Waals surface area contributed by atoms with E-state index in [0.717, 1.165) is 17.7 Å². The van der Waals surface area contributed by atoms with Gasteiger partial charge in [-0.05, 0) is 48.9 Å². The molecule has 0 radical (unpaired) electrons. The van der Waals surface area contributed by atoms with Gasteiger partial charge in [-0.3, -0.25) is 9.59 Å². The third-order valence-electron chi connectivity index (χ3n) is 5.07. The lowest BCUT2D eigenvalue weighted by atomic mass is 9.86. The Bertz CT molecular complexity index is 823. The van der Waals surface area contributed by atoms with Gasteiger partial charge in [0.1, 0.15) is 6.04 Å². The lowest BCUT2D eigenvalue weighted by molar-refractivity contribution is -0.147. The molecule has 0 bridgehead atoms. The zero-order chi connectivity index (χ0) is 21.6. The van der Waals surface area contributed by atoms with E-state index in [2.05, 4.69) is 39.0 Å². The summed E-state index contributed by atoms with van der Waals surface area (Å²) in [6.07, 6.45) is 0.934. The fourth-order valence-electron chi connectivity index (χ4n) is 3.77. The van der Waals surface area contributed by atoms with Gasteiger partial charge in [-0.15, -0.1) is 0 Å². The van der Waals surface area contributed by atoms with Crippen LogP contribution in [0.2, 0.25) is 0 Å². The minimum Gasteiger partial charge on any atom is -0.469 e. The number of benzene rings is 2. The molecule has 0 N–H and O–H groups in total. The smallest absolute Gasteiger partial charge is 0.310 e. The van der Waals surface area contributed by atoms with Crippen molar-refractivity contribution in [2.75, 3.05) is 12.0 Å². The average Bonchev–Trinajstić information content (AvgIpc) is 2.67. The summed E-state index contributed by atoms with van der Waals surface area (Å²) in [5.41, 5.74) is 3.48. The van der Waals surface area contributed by atoms with E-state index in [4.69, 9.17) is 4.74 Å². The van der Waals surface area contributed by atoms with Crippen LogP contribution >= 0.6 is 0 Å². The van der Waals surface area contributed by atoms with Gasteiger partial charge in [0.2, 0.25) is 0 Å². The second-order valence-electron chi connectivity index (χ2n) is 8.84. The monoisotopic (exact) mass is 395 g/mol. The van der Waals surface area contributed by atoms with Crippen molar-refractivity contribution in [1.29, 1.82) is 0 Å². The van der Waals surface area contributed by atoms with Crippen LogP contribution in [0.4, 0.5) is 5.69 Å². The molecule has 4 nitrogen and oxygen atoms in total. The minimum atomic E-state index is -0.604. The number of Topliss-reactive ketones (excluding diaryl/α,β-unsaturated/α-hetero) is 1. The number of rotatable bonds is 8. The topological polar surface area (TPSA) is 46.6 Å². The Morgan fingerprint density at radius 3 is 2.03 bits per heavy atom. The largest absolute Gasteiger partial charge is 0.469 e. The van der Waals surface area contributed by atoms with Crippen LogP contribution in [0.1, 0.15) is 45.7 Å². The van der Waals surface area contributed by atoms with Crippen LogP contribution in [0.5, 0.6) is 0 Å². The van der Waals surface area contributed by atoms with Crippen molar-refractivity contribution < 1.29 is 14.3 Å². The Hall–Kier alpha value is -2.62. The maximum Gasteiger partial charge on any atom is 0.310 e. The summed E-state index contributed by atoms with van der Waals surface area (Å²) in [7, 11) is 1.36. The van der Waals surface area contributed by atoms with Crippen molar-refractivity contribution in [3.63, 3.8) is 0 Å². The Balaban J connectivity index is 2.51. The number of carbonyl (C=O) groups is 2. The van der Waals surface area contributed by atoms with Crippen LogP contribution < -0.4 is 4.90 Å². The van der Waals surface area contributed by atoms with Gasteiger partial charge in [-0.1, -0.05) is 63.2 Å². The molecule has 0 spiro atoms. The summed E-state index contributed by atoms with van der Waals surface area (Å²) >= 11 is 0. The zero-order valence-corrected chi connectivity index (χ0v) is 18.4. The molecule has 2 atom stereocenters. The lowest BCUT2D eigenvalue weighted by Gasteiger charge is -2.35. The number of esters is 1. The van der Waals surface area contributed by atoms with Crippen molar-refractivity contribution in [1.82, 2.24) is 0 Å². The van der Waals surface area contributed by atoms with Gasteiger partial charge in [0.25, 0.3) is 0 Å². The predicted molar refractivity (Wildman–Crippen MR) is 118 cm³/mol. The van der Waals surface area contributed by atoms with E-state index in [1.807, 2.05) is 41.3 Å². The summed E-state index contributed by atoms with van der Waals surface area (Å²) in [5.74, 6) is -1.01. The summed E-state index contributed by atoms with van der Waals surface area (Å²) in [6, 6.07) is 17.5. The molecule has 29 heavy (non-hydrogen) atoms. The van der Waals surface area contributed by atoms with Crippen LogP contribution in [-0.2, 0) is 27.3 Å². The van der Waals surface area contributed by atoms with Gasteiger partial charge >= 0.3 is 5.97 Å². The first-order valence-corrected chi connectivity index (χ1v) is 10.1. The molecule has 0 heterocycles. The average molecular weight is 396 g/mol. The third-order valence-corrected chi connectivity index (χ3v) is 5.07. The molecule has 2 rings (SSSR count). The number of ketones is 1. The molecule has 0 saturated heterocycles. The lowest BCUT2D eigenvalue weighted by Crippen LogP contribution is -2.47. The first kappa shape index (κ1) is 22.7. The normalized spacial score (nSPS) is 13.4. The van der Waals surface area contributed by atoms with E-state index in [1.165, 1.54) is 12.7 Å². The van der Waals surface area contributed by atoms with Crippen LogP contribution in [0, 0.1) is 11.3 Å². The molecule has 0 aliphatic rings. The van der Waals surface area contributed by atoms with E-state index in [1.54, 1.807) is 13.8 Å². The molecule has 0 unspecified atom stereocenters. The van der Waals surface area contributed by atoms with E-state index in [9.17, 15) is 9.59 Å². The maximum atomic E-state index is 12.7. The fraction of sp³-hybridized carbons (Fsp3) is 0.440. The number of methoxy groups -OCH3 is 1. The minimum absolute atomic E-state index is 0.0555. The van der Waals surface area contributed by atoms with E-state index >= 15 is 0 Å². The van der Waals surface area contributed by atoms with Crippen LogP contribution in [-0.4, -0.2) is 24.9 Å². The number of ether oxygens (including phenoxy) is 1. The molecule has 0 aliphatic carbocycles. The molecule has 0 amide bonds. The molecule has 0 aliphatic heterocycles. The van der Waals surface area contributed by atoms with Crippen molar-refractivity contribution in [3.05, 3.63) is 65.7 Å². The molecule has 4 heteroatoms. The molecular formula is C25H33NO3. The van der Waals surface area contributed by atoms with E-state index in [-0.39, 0.29) is 17.2 Å². The van der Waals surface area contributed by atoms with Gasteiger partial charge < -0.3 is 9.64 Å². The highest BCUT2D eigenvalue weighted by molar-refractivity contribution is 5.90.